The van der Waals surface area contributed by atoms with Crippen molar-refractivity contribution in [2.75, 3.05) is 7.11 Å². The van der Waals surface area contributed by atoms with Crippen LogP contribution in [0.3, 0.4) is 0 Å². The Morgan fingerprint density at radius 2 is 1.86 bits per heavy atom. The van der Waals surface area contributed by atoms with Crippen molar-refractivity contribution in [2.24, 2.45) is 0 Å². The van der Waals surface area contributed by atoms with E-state index in [2.05, 4.69) is 39.7 Å². The van der Waals surface area contributed by atoms with Crippen molar-refractivity contribution in [3.63, 3.8) is 0 Å². The third-order valence-electron chi connectivity index (χ3n) is 4.54. The maximum atomic E-state index is 12.7. The lowest BCUT2D eigenvalue weighted by atomic mass is 10.0. The van der Waals surface area contributed by atoms with Gasteiger partial charge in [0.05, 0.1) is 12.7 Å². The van der Waals surface area contributed by atoms with Crippen LogP contribution >= 0.6 is 0 Å². The number of benzene rings is 2. The Balaban J connectivity index is 1.49. The average Bonchev–Trinajstić information content (AvgIpc) is 3.33. The van der Waals surface area contributed by atoms with Gasteiger partial charge in [0.1, 0.15) is 5.75 Å². The number of hydrogen-bond donors (Lipinski definition) is 1. The van der Waals surface area contributed by atoms with Crippen molar-refractivity contribution in [1.29, 1.82) is 0 Å². The van der Waals surface area contributed by atoms with Crippen molar-refractivity contribution in [3.05, 3.63) is 96.4 Å². The molecular formula is C23H20N4O2. The summed E-state index contributed by atoms with van der Waals surface area (Å²) in [6.45, 7) is 0.406. The number of hydrogen-bond acceptors (Lipinski definition) is 4. The topological polar surface area (TPSA) is 69.0 Å². The zero-order valence-electron chi connectivity index (χ0n) is 15.9. The average molecular weight is 384 g/mol. The fraction of sp³-hybridized carbons (Fsp3) is 0.0870. The Kier molecular flexibility index (Phi) is 5.33. The standard InChI is InChI=1S/C23H20N4O2/c1-29-21-14-22(27-12-6-11-26-27)24-16-20(21)23(28)25-15-17-7-5-10-19(13-17)18-8-3-2-4-9-18/h2-14,16H,15H2,1H3,(H,25,28). The van der Waals surface area contributed by atoms with Crippen LogP contribution < -0.4 is 10.1 Å². The molecule has 0 atom stereocenters. The van der Waals surface area contributed by atoms with E-state index in [1.54, 1.807) is 29.2 Å². The number of carbonyl (C=O) groups excluding carboxylic acids is 1. The molecule has 1 amide bonds. The molecule has 1 N–H and O–H groups in total. The van der Waals surface area contributed by atoms with Crippen LogP contribution in [-0.4, -0.2) is 27.8 Å². The van der Waals surface area contributed by atoms with Crippen LogP contribution in [0.4, 0.5) is 0 Å². The lowest BCUT2D eigenvalue weighted by Gasteiger charge is -2.11. The number of amides is 1. The lowest BCUT2D eigenvalue weighted by molar-refractivity contribution is 0.0947. The van der Waals surface area contributed by atoms with Crippen molar-refractivity contribution in [2.45, 2.75) is 6.54 Å². The van der Waals surface area contributed by atoms with E-state index in [-0.39, 0.29) is 5.91 Å². The first-order chi connectivity index (χ1) is 14.2. The number of aromatic nitrogens is 3. The van der Waals surface area contributed by atoms with Gasteiger partial charge in [0.25, 0.3) is 5.91 Å². The highest BCUT2D eigenvalue weighted by Crippen LogP contribution is 2.22. The molecule has 6 heteroatoms. The van der Waals surface area contributed by atoms with Gasteiger partial charge in [-0.2, -0.15) is 5.10 Å². The van der Waals surface area contributed by atoms with E-state index in [0.29, 0.717) is 23.7 Å². The van der Waals surface area contributed by atoms with Gasteiger partial charge in [-0.25, -0.2) is 9.67 Å². The van der Waals surface area contributed by atoms with Gasteiger partial charge in [0.15, 0.2) is 5.82 Å². The van der Waals surface area contributed by atoms with E-state index < -0.39 is 0 Å². The Morgan fingerprint density at radius 1 is 1.03 bits per heavy atom. The molecule has 144 valence electrons. The fourth-order valence-electron chi connectivity index (χ4n) is 3.06. The molecule has 4 rings (SSSR count). The molecule has 0 bridgehead atoms. The SMILES string of the molecule is COc1cc(-n2cccn2)ncc1C(=O)NCc1cccc(-c2ccccc2)c1. The van der Waals surface area contributed by atoms with Crippen LogP contribution in [-0.2, 0) is 6.54 Å². The second-order valence-electron chi connectivity index (χ2n) is 6.44. The summed E-state index contributed by atoms with van der Waals surface area (Å²) in [5, 5.41) is 7.09. The van der Waals surface area contributed by atoms with Gasteiger partial charge in [0, 0.05) is 31.2 Å². The first kappa shape index (κ1) is 18.4. The highest BCUT2D eigenvalue weighted by atomic mass is 16.5. The molecule has 0 aliphatic heterocycles. The maximum Gasteiger partial charge on any atom is 0.256 e. The zero-order valence-corrected chi connectivity index (χ0v) is 15.9. The summed E-state index contributed by atoms with van der Waals surface area (Å²) in [7, 11) is 1.53. The summed E-state index contributed by atoms with van der Waals surface area (Å²) < 4.78 is 7.00. The normalized spacial score (nSPS) is 10.5. The van der Waals surface area contributed by atoms with Crippen LogP contribution in [0.5, 0.6) is 5.75 Å². The van der Waals surface area contributed by atoms with Crippen LogP contribution in [0.15, 0.2) is 85.3 Å². The molecule has 6 nitrogen and oxygen atoms in total. The molecule has 2 heterocycles. The molecule has 0 unspecified atom stereocenters. The summed E-state index contributed by atoms with van der Waals surface area (Å²) in [5.74, 6) is 0.784. The smallest absolute Gasteiger partial charge is 0.256 e. The van der Waals surface area contributed by atoms with Gasteiger partial charge in [-0.3, -0.25) is 4.79 Å². The quantitative estimate of drug-likeness (QED) is 0.548. The van der Waals surface area contributed by atoms with Gasteiger partial charge in [-0.1, -0.05) is 48.5 Å². The van der Waals surface area contributed by atoms with E-state index in [1.807, 2.05) is 30.3 Å². The Hall–Kier alpha value is -3.93. The van der Waals surface area contributed by atoms with Crippen LogP contribution in [0.2, 0.25) is 0 Å². The van der Waals surface area contributed by atoms with Gasteiger partial charge in [-0.15, -0.1) is 0 Å². The Morgan fingerprint density at radius 3 is 2.62 bits per heavy atom. The molecule has 0 spiro atoms. The molecule has 2 aromatic heterocycles. The lowest BCUT2D eigenvalue weighted by Crippen LogP contribution is -2.23. The number of rotatable bonds is 6. The number of carbonyl (C=O) groups is 1. The summed E-state index contributed by atoms with van der Waals surface area (Å²) in [4.78, 5) is 17.0. The Bertz CT molecular complexity index is 1110. The van der Waals surface area contributed by atoms with Crippen molar-refractivity contribution >= 4 is 5.91 Å². The summed E-state index contributed by atoms with van der Waals surface area (Å²) in [5.41, 5.74) is 3.64. The largest absolute Gasteiger partial charge is 0.496 e. The third kappa shape index (κ3) is 4.16. The van der Waals surface area contributed by atoms with Gasteiger partial charge in [-0.05, 0) is 28.8 Å². The highest BCUT2D eigenvalue weighted by molar-refractivity contribution is 5.96. The Labute approximate surface area is 168 Å². The zero-order chi connectivity index (χ0) is 20.1. The minimum absolute atomic E-state index is 0.244. The molecular weight excluding hydrogens is 364 g/mol. The molecule has 0 radical (unpaired) electrons. The molecule has 0 saturated heterocycles. The summed E-state index contributed by atoms with van der Waals surface area (Å²) >= 11 is 0. The van der Waals surface area contributed by atoms with E-state index in [1.165, 1.54) is 13.3 Å². The molecule has 0 aliphatic rings. The molecule has 2 aromatic carbocycles. The first-order valence-electron chi connectivity index (χ1n) is 9.21. The molecule has 0 aliphatic carbocycles. The number of ether oxygens (including phenoxy) is 1. The summed E-state index contributed by atoms with van der Waals surface area (Å²) in [6, 6.07) is 21.8. The fourth-order valence-corrected chi connectivity index (χ4v) is 3.06. The van der Waals surface area contributed by atoms with E-state index in [9.17, 15) is 4.79 Å². The van der Waals surface area contributed by atoms with Gasteiger partial charge < -0.3 is 10.1 Å². The molecule has 4 aromatic rings. The molecule has 29 heavy (non-hydrogen) atoms. The number of nitrogens with one attached hydrogen (secondary N) is 1. The summed E-state index contributed by atoms with van der Waals surface area (Å²) in [6.07, 6.45) is 4.95. The minimum Gasteiger partial charge on any atom is -0.496 e. The van der Waals surface area contributed by atoms with E-state index in [4.69, 9.17) is 4.74 Å². The maximum absolute atomic E-state index is 12.7. The van der Waals surface area contributed by atoms with Crippen LogP contribution in [0.25, 0.3) is 16.9 Å². The van der Waals surface area contributed by atoms with Crippen LogP contribution in [0, 0.1) is 0 Å². The predicted molar refractivity (Wildman–Crippen MR) is 111 cm³/mol. The van der Waals surface area contributed by atoms with E-state index >= 15 is 0 Å². The van der Waals surface area contributed by atoms with Gasteiger partial charge >= 0.3 is 0 Å². The number of nitrogens with zero attached hydrogens (tertiary/aromatic N) is 3. The minimum atomic E-state index is -0.244. The second-order valence-corrected chi connectivity index (χ2v) is 6.44. The highest BCUT2D eigenvalue weighted by Gasteiger charge is 2.14. The van der Waals surface area contributed by atoms with Crippen molar-refractivity contribution in [1.82, 2.24) is 20.1 Å². The third-order valence-corrected chi connectivity index (χ3v) is 4.54. The van der Waals surface area contributed by atoms with Crippen LogP contribution in [0.1, 0.15) is 15.9 Å². The number of methoxy groups -OCH3 is 1. The van der Waals surface area contributed by atoms with Crippen molar-refractivity contribution < 1.29 is 9.53 Å². The number of pyridine rings is 1. The predicted octanol–water partition coefficient (Wildman–Crippen LogP) is 3.87. The molecule has 0 saturated carbocycles. The van der Waals surface area contributed by atoms with Gasteiger partial charge in [0.2, 0.25) is 0 Å². The van der Waals surface area contributed by atoms with Crippen molar-refractivity contribution in [3.8, 4) is 22.7 Å². The molecule has 0 fully saturated rings. The first-order valence-corrected chi connectivity index (χ1v) is 9.21. The monoisotopic (exact) mass is 384 g/mol. The van der Waals surface area contributed by atoms with E-state index in [0.717, 1.165) is 16.7 Å². The second kappa shape index (κ2) is 8.39.